The fourth-order valence-electron chi connectivity index (χ4n) is 4.05. The van der Waals surface area contributed by atoms with Crippen LogP contribution in [-0.4, -0.2) is 43.3 Å². The van der Waals surface area contributed by atoms with Gasteiger partial charge in [-0.25, -0.2) is 13.3 Å². The Kier molecular flexibility index (Phi) is 6.24. The first-order chi connectivity index (χ1) is 17.2. The van der Waals surface area contributed by atoms with Crippen LogP contribution < -0.4 is 19.1 Å². The third-order valence-corrected chi connectivity index (χ3v) is 8.89. The van der Waals surface area contributed by atoms with Crippen molar-refractivity contribution in [1.29, 1.82) is 0 Å². The summed E-state index contributed by atoms with van der Waals surface area (Å²) in [6, 6.07) is 12.7. The quantitative estimate of drug-likeness (QED) is 0.261. The van der Waals surface area contributed by atoms with E-state index in [9.17, 15) is 22.8 Å². The highest BCUT2D eigenvalue weighted by atomic mass is 32.2. The van der Waals surface area contributed by atoms with Gasteiger partial charge in [0.15, 0.2) is 11.5 Å². The van der Waals surface area contributed by atoms with E-state index in [1.807, 2.05) is 0 Å². The van der Waals surface area contributed by atoms with Gasteiger partial charge in [-0.05, 0) is 53.4 Å². The van der Waals surface area contributed by atoms with Crippen LogP contribution in [0.1, 0.15) is 18.9 Å². The molecule has 36 heavy (non-hydrogen) atoms. The highest BCUT2D eigenvalue weighted by molar-refractivity contribution is 7.91. The molecule has 3 aromatic rings. The van der Waals surface area contributed by atoms with Crippen LogP contribution in [0.3, 0.4) is 0 Å². The Bertz CT molecular complexity index is 1440. The summed E-state index contributed by atoms with van der Waals surface area (Å²) < 4.78 is 44.1. The summed E-state index contributed by atoms with van der Waals surface area (Å²) in [5, 5.41) is 1.63. The number of hydrogen-bond acceptors (Lipinski definition) is 9. The highest BCUT2D eigenvalue weighted by Crippen LogP contribution is 2.36. The molecule has 12 heteroatoms. The van der Waals surface area contributed by atoms with Crippen molar-refractivity contribution in [3.05, 3.63) is 65.5 Å². The molecule has 2 aromatic carbocycles. The number of benzene rings is 2. The Morgan fingerprint density at radius 3 is 2.56 bits per heavy atom. The standard InChI is InChI=1S/C24H20N2O8S2/c1-15(27)34-18-7-5-17(6-8-18)26-22(28)12-19(24(26)29)25(36(30,31)23-3-2-10-35-23)13-16-4-9-20-21(11-16)33-14-32-20/h2-11,19H,12-14H2,1H3. The van der Waals surface area contributed by atoms with Crippen LogP contribution in [0.5, 0.6) is 17.2 Å². The Balaban J connectivity index is 1.48. The molecule has 1 unspecified atom stereocenters. The van der Waals surface area contributed by atoms with Crippen LogP contribution >= 0.6 is 11.3 Å². The van der Waals surface area contributed by atoms with Gasteiger partial charge in [0.05, 0.1) is 12.1 Å². The van der Waals surface area contributed by atoms with Gasteiger partial charge in [-0.1, -0.05) is 12.1 Å². The maximum atomic E-state index is 13.6. The minimum atomic E-state index is -4.11. The second-order valence-electron chi connectivity index (χ2n) is 8.04. The van der Waals surface area contributed by atoms with E-state index in [4.69, 9.17) is 14.2 Å². The predicted octanol–water partition coefficient (Wildman–Crippen LogP) is 2.93. The number of anilines is 1. The number of nitrogens with zero attached hydrogens (tertiary/aromatic N) is 2. The zero-order chi connectivity index (χ0) is 25.4. The van der Waals surface area contributed by atoms with Crippen LogP contribution in [0.25, 0.3) is 0 Å². The van der Waals surface area contributed by atoms with Gasteiger partial charge >= 0.3 is 5.97 Å². The number of fused-ring (bicyclic) bond motifs is 1. The Hall–Kier alpha value is -3.74. The monoisotopic (exact) mass is 528 g/mol. The zero-order valence-electron chi connectivity index (χ0n) is 18.9. The Morgan fingerprint density at radius 2 is 1.86 bits per heavy atom. The van der Waals surface area contributed by atoms with Crippen LogP contribution in [-0.2, 0) is 31.0 Å². The molecule has 1 atom stereocenters. The summed E-state index contributed by atoms with van der Waals surface area (Å²) in [6.45, 7) is 1.17. The number of imide groups is 1. The van der Waals surface area contributed by atoms with Crippen molar-refractivity contribution in [3.63, 3.8) is 0 Å². The summed E-state index contributed by atoms with van der Waals surface area (Å²) in [4.78, 5) is 38.6. The fourth-order valence-corrected chi connectivity index (χ4v) is 6.74. The fraction of sp³-hybridized carbons (Fsp3) is 0.208. The molecule has 1 fully saturated rings. The largest absolute Gasteiger partial charge is 0.454 e. The van der Waals surface area contributed by atoms with Gasteiger partial charge in [0.2, 0.25) is 12.7 Å². The number of amides is 2. The first-order valence-electron chi connectivity index (χ1n) is 10.8. The van der Waals surface area contributed by atoms with E-state index in [2.05, 4.69) is 0 Å². The number of rotatable bonds is 7. The van der Waals surface area contributed by atoms with Gasteiger partial charge in [-0.2, -0.15) is 4.31 Å². The summed E-state index contributed by atoms with van der Waals surface area (Å²) in [6.07, 6.45) is -0.320. The first-order valence-corrected chi connectivity index (χ1v) is 13.1. The van der Waals surface area contributed by atoms with E-state index in [1.165, 1.54) is 37.3 Å². The molecule has 3 heterocycles. The average Bonchev–Trinajstić information content (AvgIpc) is 3.59. The Labute approximate surface area is 210 Å². The average molecular weight is 529 g/mol. The smallest absolute Gasteiger partial charge is 0.308 e. The molecule has 0 N–H and O–H groups in total. The number of sulfonamides is 1. The molecule has 0 saturated carbocycles. The van der Waals surface area contributed by atoms with Crippen molar-refractivity contribution in [2.45, 2.75) is 30.1 Å². The molecular weight excluding hydrogens is 508 g/mol. The van der Waals surface area contributed by atoms with Crippen LogP contribution in [0.4, 0.5) is 5.69 Å². The van der Waals surface area contributed by atoms with Gasteiger partial charge in [0, 0.05) is 13.5 Å². The zero-order valence-corrected chi connectivity index (χ0v) is 20.6. The van der Waals surface area contributed by atoms with Crippen LogP contribution in [0.2, 0.25) is 0 Å². The van der Waals surface area contributed by atoms with Crippen molar-refractivity contribution in [2.24, 2.45) is 0 Å². The normalized spacial score (nSPS) is 17.2. The Morgan fingerprint density at radius 1 is 1.11 bits per heavy atom. The van der Waals surface area contributed by atoms with Gasteiger partial charge in [0.1, 0.15) is 16.0 Å². The molecule has 186 valence electrons. The van der Waals surface area contributed by atoms with E-state index in [0.29, 0.717) is 17.1 Å². The lowest BCUT2D eigenvalue weighted by molar-refractivity contribution is -0.132. The lowest BCUT2D eigenvalue weighted by Crippen LogP contribution is -2.44. The summed E-state index contributed by atoms with van der Waals surface area (Å²) in [5.74, 6) is -0.435. The minimum Gasteiger partial charge on any atom is -0.454 e. The lowest BCUT2D eigenvalue weighted by atomic mass is 10.1. The molecular formula is C24H20N2O8S2. The van der Waals surface area contributed by atoms with Gasteiger partial charge < -0.3 is 14.2 Å². The molecule has 2 aliphatic heterocycles. The number of ether oxygens (including phenoxy) is 3. The maximum absolute atomic E-state index is 13.6. The molecule has 10 nitrogen and oxygen atoms in total. The highest BCUT2D eigenvalue weighted by Gasteiger charge is 2.47. The maximum Gasteiger partial charge on any atom is 0.308 e. The van der Waals surface area contributed by atoms with Gasteiger partial charge in [0.25, 0.3) is 15.9 Å². The number of thiophene rings is 1. The van der Waals surface area contributed by atoms with Crippen molar-refractivity contribution >= 4 is 44.8 Å². The van der Waals surface area contributed by atoms with Crippen molar-refractivity contribution < 1.29 is 37.0 Å². The van der Waals surface area contributed by atoms with E-state index >= 15 is 0 Å². The topological polar surface area (TPSA) is 120 Å². The van der Waals surface area contributed by atoms with Gasteiger partial charge in [-0.15, -0.1) is 11.3 Å². The van der Waals surface area contributed by atoms with Crippen LogP contribution in [0.15, 0.2) is 64.2 Å². The summed E-state index contributed by atoms with van der Waals surface area (Å²) in [7, 11) is -4.11. The second-order valence-corrected chi connectivity index (χ2v) is 11.1. The van der Waals surface area contributed by atoms with E-state index in [-0.39, 0.29) is 35.4 Å². The summed E-state index contributed by atoms with van der Waals surface area (Å²) >= 11 is 1.03. The van der Waals surface area contributed by atoms with Gasteiger partial charge in [-0.3, -0.25) is 14.4 Å². The van der Waals surface area contributed by atoms with Crippen molar-refractivity contribution in [2.75, 3.05) is 11.7 Å². The SMILES string of the molecule is CC(=O)Oc1ccc(N2C(=O)CC(N(Cc3ccc4c(c3)OCO4)S(=O)(=O)c3cccs3)C2=O)cc1. The van der Waals surface area contributed by atoms with Crippen molar-refractivity contribution in [1.82, 2.24) is 4.31 Å². The molecule has 2 aliphatic rings. The molecule has 5 rings (SSSR count). The third-order valence-electron chi connectivity index (χ3n) is 5.66. The van der Waals surface area contributed by atoms with Crippen LogP contribution in [0, 0.1) is 0 Å². The van der Waals surface area contributed by atoms with Crippen molar-refractivity contribution in [3.8, 4) is 17.2 Å². The molecule has 1 aromatic heterocycles. The molecule has 0 spiro atoms. The first kappa shape index (κ1) is 24.0. The third kappa shape index (κ3) is 4.45. The second kappa shape index (κ2) is 9.37. The molecule has 0 bridgehead atoms. The van der Waals surface area contributed by atoms with E-state index in [0.717, 1.165) is 20.5 Å². The molecule has 0 radical (unpaired) electrons. The number of carbonyl (C=O) groups is 3. The molecule has 0 aliphatic carbocycles. The lowest BCUT2D eigenvalue weighted by Gasteiger charge is -2.26. The number of esters is 1. The minimum absolute atomic E-state index is 0.0627. The van der Waals surface area contributed by atoms with E-state index < -0.39 is 33.8 Å². The predicted molar refractivity (Wildman–Crippen MR) is 128 cm³/mol. The summed E-state index contributed by atoms with van der Waals surface area (Å²) in [5.41, 5.74) is 0.823. The number of carbonyl (C=O) groups excluding carboxylic acids is 3. The molecule has 1 saturated heterocycles. The molecule has 2 amide bonds. The number of hydrogen-bond donors (Lipinski definition) is 0. The van der Waals surface area contributed by atoms with E-state index in [1.54, 1.807) is 29.6 Å².